The lowest BCUT2D eigenvalue weighted by Gasteiger charge is -2.21. The van der Waals surface area contributed by atoms with Gasteiger partial charge >= 0.3 is 0 Å². The molecule has 1 unspecified atom stereocenters. The fourth-order valence-electron chi connectivity index (χ4n) is 2.72. The first-order valence-electron chi connectivity index (χ1n) is 8.79. The molecule has 0 radical (unpaired) electrons. The van der Waals surface area contributed by atoms with Crippen molar-refractivity contribution in [2.45, 2.75) is 19.9 Å². The van der Waals surface area contributed by atoms with Crippen molar-refractivity contribution in [2.75, 3.05) is 20.3 Å². The number of ether oxygens (including phenoxy) is 2. The van der Waals surface area contributed by atoms with Crippen LogP contribution in [0, 0.1) is 5.92 Å². The van der Waals surface area contributed by atoms with Crippen LogP contribution in [0.25, 0.3) is 5.65 Å². The molecule has 0 aliphatic rings. The molecule has 0 spiro atoms. The molecule has 3 aromatic heterocycles. The average molecular weight is 369 g/mol. The summed E-state index contributed by atoms with van der Waals surface area (Å²) >= 11 is 0. The van der Waals surface area contributed by atoms with Crippen molar-refractivity contribution in [3.05, 3.63) is 54.1 Å². The van der Waals surface area contributed by atoms with Gasteiger partial charge in [-0.3, -0.25) is 9.20 Å². The van der Waals surface area contributed by atoms with Gasteiger partial charge in [0.15, 0.2) is 11.5 Å². The maximum Gasteiger partial charge on any atom is 0.257 e. The Morgan fingerprint density at radius 2 is 2.04 bits per heavy atom. The Labute approximate surface area is 157 Å². The Morgan fingerprint density at radius 3 is 2.81 bits per heavy atom. The zero-order chi connectivity index (χ0) is 19.2. The number of nitrogens with one attached hydrogen (secondary N) is 1. The first-order valence-corrected chi connectivity index (χ1v) is 8.79. The van der Waals surface area contributed by atoms with Crippen molar-refractivity contribution >= 4 is 11.6 Å². The summed E-state index contributed by atoms with van der Waals surface area (Å²) in [6, 6.07) is 8.75. The summed E-state index contributed by atoms with van der Waals surface area (Å²) in [6.07, 6.45) is 3.47. The summed E-state index contributed by atoms with van der Waals surface area (Å²) in [7, 11) is 1.59. The maximum atomic E-state index is 12.9. The molecule has 0 aromatic carbocycles. The van der Waals surface area contributed by atoms with Gasteiger partial charge in [-0.1, -0.05) is 19.9 Å². The number of hydrogen-bond acceptors (Lipinski definition) is 6. The van der Waals surface area contributed by atoms with Gasteiger partial charge in [-0.2, -0.15) is 0 Å². The van der Waals surface area contributed by atoms with Crippen molar-refractivity contribution < 1.29 is 14.3 Å². The molecular formula is C19H23N5O3. The summed E-state index contributed by atoms with van der Waals surface area (Å²) in [5.41, 5.74) is 1.10. The quantitative estimate of drug-likeness (QED) is 0.613. The lowest BCUT2D eigenvalue weighted by molar-refractivity contribution is 0.0913. The molecule has 0 fully saturated rings. The predicted molar refractivity (Wildman–Crippen MR) is 99.6 cm³/mol. The number of carbonyl (C=O) groups is 1. The Bertz CT molecular complexity index is 909. The number of aromatic nitrogens is 4. The van der Waals surface area contributed by atoms with Crippen LogP contribution in [0.3, 0.4) is 0 Å². The molecule has 0 saturated heterocycles. The van der Waals surface area contributed by atoms with Gasteiger partial charge in [-0.15, -0.1) is 10.2 Å². The number of nitrogens with zero attached hydrogens (tertiary/aromatic N) is 4. The summed E-state index contributed by atoms with van der Waals surface area (Å²) in [4.78, 5) is 17.1. The molecule has 0 aliphatic carbocycles. The fraction of sp³-hybridized carbons (Fsp3) is 0.368. The molecule has 1 amide bonds. The van der Waals surface area contributed by atoms with Gasteiger partial charge in [0, 0.05) is 19.5 Å². The monoisotopic (exact) mass is 369 g/mol. The topological polar surface area (TPSA) is 90.6 Å². The summed E-state index contributed by atoms with van der Waals surface area (Å²) in [6.45, 7) is 4.77. The molecule has 3 rings (SSSR count). The van der Waals surface area contributed by atoms with E-state index in [0.717, 1.165) is 5.65 Å². The zero-order valence-electron chi connectivity index (χ0n) is 15.6. The minimum Gasteiger partial charge on any atom is -0.475 e. The zero-order valence-corrected chi connectivity index (χ0v) is 15.6. The number of pyridine rings is 2. The molecule has 3 heterocycles. The second-order valence-corrected chi connectivity index (χ2v) is 6.38. The van der Waals surface area contributed by atoms with Gasteiger partial charge < -0.3 is 14.8 Å². The average Bonchev–Trinajstić information content (AvgIpc) is 3.10. The van der Waals surface area contributed by atoms with Crippen LogP contribution in [0.2, 0.25) is 0 Å². The number of methoxy groups -OCH3 is 1. The van der Waals surface area contributed by atoms with E-state index >= 15 is 0 Å². The van der Waals surface area contributed by atoms with Crippen LogP contribution in [0.1, 0.15) is 36.1 Å². The number of carbonyl (C=O) groups excluding carboxylic acids is 1. The summed E-state index contributed by atoms with van der Waals surface area (Å²) in [5.74, 6) is 0.790. The van der Waals surface area contributed by atoms with Crippen molar-refractivity contribution in [1.29, 1.82) is 0 Å². The Hall–Kier alpha value is -3.00. The number of rotatable bonds is 8. The number of amides is 1. The highest BCUT2D eigenvalue weighted by atomic mass is 16.5. The third-order valence-corrected chi connectivity index (χ3v) is 4.11. The van der Waals surface area contributed by atoms with Gasteiger partial charge in [-0.05, 0) is 30.2 Å². The van der Waals surface area contributed by atoms with Crippen molar-refractivity contribution in [3.8, 4) is 5.88 Å². The van der Waals surface area contributed by atoms with E-state index in [0.29, 0.717) is 24.6 Å². The van der Waals surface area contributed by atoms with Crippen LogP contribution in [0.4, 0.5) is 0 Å². The van der Waals surface area contributed by atoms with E-state index in [9.17, 15) is 4.79 Å². The van der Waals surface area contributed by atoms with Crippen LogP contribution in [-0.4, -0.2) is 45.8 Å². The minimum absolute atomic E-state index is 0.107. The van der Waals surface area contributed by atoms with Gasteiger partial charge in [0.25, 0.3) is 5.91 Å². The summed E-state index contributed by atoms with van der Waals surface area (Å²) < 4.78 is 12.4. The molecule has 8 nitrogen and oxygen atoms in total. The molecule has 0 saturated carbocycles. The van der Waals surface area contributed by atoms with Crippen LogP contribution in [-0.2, 0) is 4.74 Å². The molecule has 142 valence electrons. The Kier molecular flexibility index (Phi) is 5.97. The van der Waals surface area contributed by atoms with Crippen LogP contribution >= 0.6 is 0 Å². The smallest absolute Gasteiger partial charge is 0.257 e. The van der Waals surface area contributed by atoms with E-state index in [1.807, 2.05) is 42.6 Å². The van der Waals surface area contributed by atoms with Crippen molar-refractivity contribution in [3.63, 3.8) is 0 Å². The molecule has 3 aromatic rings. The third kappa shape index (κ3) is 4.22. The molecule has 1 atom stereocenters. The second-order valence-electron chi connectivity index (χ2n) is 6.38. The van der Waals surface area contributed by atoms with Crippen LogP contribution in [0.5, 0.6) is 5.88 Å². The Balaban J connectivity index is 1.85. The molecule has 0 bridgehead atoms. The fourth-order valence-corrected chi connectivity index (χ4v) is 2.72. The van der Waals surface area contributed by atoms with E-state index in [-0.39, 0.29) is 23.7 Å². The standard InChI is InChI=1S/C19H23N5O3/c1-13(2)16(17-23-22-15-8-4-5-10-24(15)17)21-18(25)14-7-6-9-20-19(14)27-12-11-26-3/h4-10,13,16H,11-12H2,1-3H3,(H,21,25). The molecule has 0 aliphatic heterocycles. The van der Waals surface area contributed by atoms with Gasteiger partial charge in [0.05, 0.1) is 12.6 Å². The lowest BCUT2D eigenvalue weighted by Crippen LogP contribution is -2.33. The van der Waals surface area contributed by atoms with Gasteiger partial charge in [-0.25, -0.2) is 4.98 Å². The highest BCUT2D eigenvalue weighted by Gasteiger charge is 2.25. The highest BCUT2D eigenvalue weighted by molar-refractivity contribution is 5.96. The van der Waals surface area contributed by atoms with E-state index in [2.05, 4.69) is 20.5 Å². The molecule has 8 heteroatoms. The minimum atomic E-state index is -0.318. The van der Waals surface area contributed by atoms with Gasteiger partial charge in [0.1, 0.15) is 12.2 Å². The molecular weight excluding hydrogens is 346 g/mol. The van der Waals surface area contributed by atoms with Crippen LogP contribution in [0.15, 0.2) is 42.7 Å². The first kappa shape index (κ1) is 18.8. The third-order valence-electron chi connectivity index (χ3n) is 4.11. The predicted octanol–water partition coefficient (Wildman–Crippen LogP) is 2.28. The van der Waals surface area contributed by atoms with E-state index in [1.165, 1.54) is 0 Å². The lowest BCUT2D eigenvalue weighted by atomic mass is 10.0. The number of hydrogen-bond donors (Lipinski definition) is 1. The number of fused-ring (bicyclic) bond motifs is 1. The maximum absolute atomic E-state index is 12.9. The SMILES string of the molecule is COCCOc1ncccc1C(=O)NC(c1nnc2ccccn12)C(C)C. The van der Waals surface area contributed by atoms with Crippen molar-refractivity contribution in [2.24, 2.45) is 5.92 Å². The second kappa shape index (κ2) is 8.59. The van der Waals surface area contributed by atoms with E-state index in [4.69, 9.17) is 9.47 Å². The van der Waals surface area contributed by atoms with Gasteiger partial charge in [0.2, 0.25) is 5.88 Å². The van der Waals surface area contributed by atoms with Crippen molar-refractivity contribution in [1.82, 2.24) is 24.9 Å². The van der Waals surface area contributed by atoms with E-state index < -0.39 is 0 Å². The summed E-state index contributed by atoms with van der Waals surface area (Å²) in [5, 5.41) is 11.5. The van der Waals surface area contributed by atoms with Crippen LogP contribution < -0.4 is 10.1 Å². The normalized spacial score (nSPS) is 12.3. The Morgan fingerprint density at radius 1 is 1.19 bits per heavy atom. The van der Waals surface area contributed by atoms with E-state index in [1.54, 1.807) is 25.4 Å². The molecule has 27 heavy (non-hydrogen) atoms. The highest BCUT2D eigenvalue weighted by Crippen LogP contribution is 2.23. The largest absolute Gasteiger partial charge is 0.475 e. The molecule has 1 N–H and O–H groups in total. The first-order chi connectivity index (χ1) is 13.1.